The van der Waals surface area contributed by atoms with Crippen LogP contribution in [0.1, 0.15) is 23.5 Å². The first-order valence-electron chi connectivity index (χ1n) is 8.14. The zero-order chi connectivity index (χ0) is 17.8. The molecule has 1 aliphatic rings. The van der Waals surface area contributed by atoms with Crippen LogP contribution in [0.15, 0.2) is 48.5 Å². The van der Waals surface area contributed by atoms with Gasteiger partial charge in [0.1, 0.15) is 5.75 Å². The molecule has 3 rings (SSSR count). The second-order valence-electron chi connectivity index (χ2n) is 6.13. The molecule has 0 spiro atoms. The number of anilines is 1. The van der Waals surface area contributed by atoms with E-state index in [1.54, 1.807) is 19.2 Å². The summed E-state index contributed by atoms with van der Waals surface area (Å²) >= 11 is 0. The Morgan fingerprint density at radius 2 is 1.96 bits per heavy atom. The highest BCUT2D eigenvalue weighted by atomic mass is 16.5. The number of benzene rings is 2. The number of carbonyl (C=O) groups excluding carboxylic acids is 2. The molecule has 1 aliphatic carbocycles. The molecule has 1 saturated carbocycles. The molecule has 0 unspecified atom stereocenters. The molecule has 3 amide bonds. The van der Waals surface area contributed by atoms with Crippen LogP contribution in [-0.2, 0) is 11.3 Å². The molecule has 0 bridgehead atoms. The van der Waals surface area contributed by atoms with Crippen molar-refractivity contribution in [1.82, 2.24) is 5.32 Å². The third-order valence-electron chi connectivity index (χ3n) is 4.33. The Labute approximate surface area is 146 Å². The maximum atomic E-state index is 12.3. The van der Waals surface area contributed by atoms with Crippen molar-refractivity contribution in [3.63, 3.8) is 0 Å². The van der Waals surface area contributed by atoms with Gasteiger partial charge in [-0.1, -0.05) is 24.3 Å². The van der Waals surface area contributed by atoms with Gasteiger partial charge in [0.05, 0.1) is 7.11 Å². The quantitative estimate of drug-likeness (QED) is 0.755. The predicted octanol–water partition coefficient (Wildman–Crippen LogP) is 2.61. The van der Waals surface area contributed by atoms with Crippen molar-refractivity contribution in [2.45, 2.75) is 18.9 Å². The summed E-state index contributed by atoms with van der Waals surface area (Å²) in [7, 11) is 1.64. The highest BCUT2D eigenvalue weighted by molar-refractivity contribution is 5.87. The SMILES string of the molecule is COc1ccc([C@@H]2C[C@@H]2C(=O)NCc2cccc(NC(N)=O)c2)cc1. The molecule has 130 valence electrons. The second kappa shape index (κ2) is 7.25. The zero-order valence-corrected chi connectivity index (χ0v) is 14.0. The van der Waals surface area contributed by atoms with E-state index >= 15 is 0 Å². The maximum absolute atomic E-state index is 12.3. The van der Waals surface area contributed by atoms with E-state index in [1.165, 1.54) is 0 Å². The molecule has 0 aliphatic heterocycles. The van der Waals surface area contributed by atoms with Gasteiger partial charge in [0.15, 0.2) is 0 Å². The molecule has 1 fully saturated rings. The lowest BCUT2D eigenvalue weighted by Crippen LogP contribution is -2.25. The molecule has 6 heteroatoms. The van der Waals surface area contributed by atoms with Gasteiger partial charge in [0, 0.05) is 18.2 Å². The Hall–Kier alpha value is -3.02. The minimum absolute atomic E-state index is 0.0142. The Balaban J connectivity index is 1.52. The normalized spacial score (nSPS) is 18.3. The smallest absolute Gasteiger partial charge is 0.316 e. The van der Waals surface area contributed by atoms with Gasteiger partial charge in [-0.15, -0.1) is 0 Å². The minimum Gasteiger partial charge on any atom is -0.497 e. The Morgan fingerprint density at radius 3 is 2.64 bits per heavy atom. The molecule has 0 aromatic heterocycles. The number of rotatable bonds is 6. The molecular weight excluding hydrogens is 318 g/mol. The fraction of sp³-hybridized carbons (Fsp3) is 0.263. The van der Waals surface area contributed by atoms with Gasteiger partial charge in [-0.25, -0.2) is 4.79 Å². The summed E-state index contributed by atoms with van der Waals surface area (Å²) in [4.78, 5) is 23.2. The van der Waals surface area contributed by atoms with Gasteiger partial charge in [0.2, 0.25) is 5.91 Å². The number of hydrogen-bond donors (Lipinski definition) is 3. The van der Waals surface area contributed by atoms with Crippen molar-refractivity contribution in [3.05, 3.63) is 59.7 Å². The monoisotopic (exact) mass is 339 g/mol. The van der Waals surface area contributed by atoms with E-state index in [0.29, 0.717) is 12.2 Å². The number of hydrogen-bond acceptors (Lipinski definition) is 3. The van der Waals surface area contributed by atoms with Crippen LogP contribution in [0.3, 0.4) is 0 Å². The highest BCUT2D eigenvalue weighted by Gasteiger charge is 2.43. The van der Waals surface area contributed by atoms with E-state index in [4.69, 9.17) is 10.5 Å². The van der Waals surface area contributed by atoms with E-state index < -0.39 is 6.03 Å². The van der Waals surface area contributed by atoms with E-state index in [-0.39, 0.29) is 17.7 Å². The van der Waals surface area contributed by atoms with Crippen LogP contribution in [0, 0.1) is 5.92 Å². The van der Waals surface area contributed by atoms with Crippen LogP contribution < -0.4 is 21.1 Å². The van der Waals surface area contributed by atoms with Crippen molar-refractivity contribution in [2.24, 2.45) is 11.7 Å². The Morgan fingerprint density at radius 1 is 1.20 bits per heavy atom. The molecule has 2 aromatic rings. The minimum atomic E-state index is -0.610. The van der Waals surface area contributed by atoms with Crippen molar-refractivity contribution >= 4 is 17.6 Å². The first-order valence-corrected chi connectivity index (χ1v) is 8.14. The third kappa shape index (κ3) is 4.29. The van der Waals surface area contributed by atoms with E-state index in [9.17, 15) is 9.59 Å². The van der Waals surface area contributed by atoms with Gasteiger partial charge in [-0.2, -0.15) is 0 Å². The van der Waals surface area contributed by atoms with Crippen molar-refractivity contribution in [2.75, 3.05) is 12.4 Å². The van der Waals surface area contributed by atoms with Crippen LogP contribution in [0.4, 0.5) is 10.5 Å². The Kier molecular flexibility index (Phi) is 4.88. The summed E-state index contributed by atoms with van der Waals surface area (Å²) in [6.45, 7) is 0.416. The average molecular weight is 339 g/mol. The molecule has 0 radical (unpaired) electrons. The topological polar surface area (TPSA) is 93.4 Å². The van der Waals surface area contributed by atoms with Crippen molar-refractivity contribution < 1.29 is 14.3 Å². The molecule has 0 heterocycles. The highest BCUT2D eigenvalue weighted by Crippen LogP contribution is 2.47. The zero-order valence-electron chi connectivity index (χ0n) is 14.0. The maximum Gasteiger partial charge on any atom is 0.316 e. The number of carbonyl (C=O) groups is 2. The predicted molar refractivity (Wildman–Crippen MR) is 95.3 cm³/mol. The van der Waals surface area contributed by atoms with Gasteiger partial charge in [-0.3, -0.25) is 4.79 Å². The molecule has 0 saturated heterocycles. The standard InChI is InChI=1S/C19H21N3O3/c1-25-15-7-5-13(6-8-15)16-10-17(16)18(23)21-11-12-3-2-4-14(9-12)22-19(20)24/h2-9,16-17H,10-11H2,1H3,(H,21,23)(H3,20,22,24)/t16-,17-/m0/s1. The van der Waals surface area contributed by atoms with Gasteiger partial charge < -0.3 is 21.1 Å². The summed E-state index contributed by atoms with van der Waals surface area (Å²) in [6, 6.07) is 14.5. The van der Waals surface area contributed by atoms with Crippen molar-refractivity contribution in [1.29, 1.82) is 0 Å². The summed E-state index contributed by atoms with van der Waals surface area (Å²) in [5.74, 6) is 1.15. The Bertz CT molecular complexity index is 774. The number of urea groups is 1. The van der Waals surface area contributed by atoms with Crippen LogP contribution in [-0.4, -0.2) is 19.0 Å². The summed E-state index contributed by atoms with van der Waals surface area (Å²) in [5.41, 5.74) is 7.78. The number of amides is 3. The molecule has 6 nitrogen and oxygen atoms in total. The molecule has 2 atom stereocenters. The summed E-state index contributed by atoms with van der Waals surface area (Å²) in [5, 5.41) is 5.48. The van der Waals surface area contributed by atoms with E-state index in [1.807, 2.05) is 36.4 Å². The summed E-state index contributed by atoms with van der Waals surface area (Å²) in [6.07, 6.45) is 0.863. The lowest BCUT2D eigenvalue weighted by atomic mass is 10.1. The fourth-order valence-electron chi connectivity index (χ4n) is 2.93. The number of ether oxygens (including phenoxy) is 1. The molecule has 25 heavy (non-hydrogen) atoms. The molecular formula is C19H21N3O3. The third-order valence-corrected chi connectivity index (χ3v) is 4.33. The summed E-state index contributed by atoms with van der Waals surface area (Å²) < 4.78 is 5.15. The van der Waals surface area contributed by atoms with Gasteiger partial charge in [0.25, 0.3) is 0 Å². The number of methoxy groups -OCH3 is 1. The van der Waals surface area contributed by atoms with Crippen LogP contribution in [0.2, 0.25) is 0 Å². The molecule has 4 N–H and O–H groups in total. The largest absolute Gasteiger partial charge is 0.497 e. The van der Waals surface area contributed by atoms with Crippen LogP contribution >= 0.6 is 0 Å². The van der Waals surface area contributed by atoms with Crippen LogP contribution in [0.25, 0.3) is 0 Å². The average Bonchev–Trinajstić information content (AvgIpc) is 3.40. The van der Waals surface area contributed by atoms with Crippen molar-refractivity contribution in [3.8, 4) is 5.75 Å². The number of primary amides is 1. The number of nitrogens with two attached hydrogens (primary N) is 1. The lowest BCUT2D eigenvalue weighted by Gasteiger charge is -2.08. The fourth-order valence-corrected chi connectivity index (χ4v) is 2.93. The van der Waals surface area contributed by atoms with Gasteiger partial charge in [-0.05, 0) is 47.7 Å². The second-order valence-corrected chi connectivity index (χ2v) is 6.13. The van der Waals surface area contributed by atoms with Crippen LogP contribution in [0.5, 0.6) is 5.75 Å². The lowest BCUT2D eigenvalue weighted by molar-refractivity contribution is -0.122. The van der Waals surface area contributed by atoms with E-state index in [0.717, 1.165) is 23.3 Å². The van der Waals surface area contributed by atoms with Gasteiger partial charge >= 0.3 is 6.03 Å². The molecule has 2 aromatic carbocycles. The first-order chi connectivity index (χ1) is 12.1. The first kappa shape index (κ1) is 16.8. The number of nitrogens with one attached hydrogen (secondary N) is 2. The van der Waals surface area contributed by atoms with E-state index in [2.05, 4.69) is 10.6 Å².